The first-order chi connectivity index (χ1) is 12.0. The van der Waals surface area contributed by atoms with Crippen LogP contribution < -0.4 is 5.32 Å². The molecule has 0 saturated carbocycles. The van der Waals surface area contributed by atoms with Crippen molar-refractivity contribution < 1.29 is 9.59 Å². The van der Waals surface area contributed by atoms with Crippen LogP contribution in [0.4, 0.5) is 5.69 Å². The maximum absolute atomic E-state index is 12.5. The molecule has 25 heavy (non-hydrogen) atoms. The van der Waals surface area contributed by atoms with E-state index in [9.17, 15) is 9.59 Å². The number of benzene rings is 2. The van der Waals surface area contributed by atoms with Gasteiger partial charge in [0.1, 0.15) is 0 Å². The van der Waals surface area contributed by atoms with Gasteiger partial charge in [-0.15, -0.1) is 0 Å². The predicted molar refractivity (Wildman–Crippen MR) is 100 cm³/mol. The molecule has 0 spiro atoms. The molecular formula is C21H24N2O2. The van der Waals surface area contributed by atoms with Gasteiger partial charge in [-0.1, -0.05) is 32.0 Å². The van der Waals surface area contributed by atoms with Crippen LogP contribution in [0.1, 0.15) is 58.9 Å². The molecule has 2 aromatic rings. The molecule has 0 aromatic heterocycles. The molecular weight excluding hydrogens is 312 g/mol. The number of nitrogens with zero attached hydrogens (tertiary/aromatic N) is 1. The fourth-order valence-electron chi connectivity index (χ4n) is 3.06. The lowest BCUT2D eigenvalue weighted by molar-refractivity contribution is 0.0792. The van der Waals surface area contributed by atoms with Crippen molar-refractivity contribution in [3.63, 3.8) is 0 Å². The summed E-state index contributed by atoms with van der Waals surface area (Å²) >= 11 is 0. The molecule has 1 saturated heterocycles. The zero-order valence-electron chi connectivity index (χ0n) is 14.8. The van der Waals surface area contributed by atoms with Crippen LogP contribution >= 0.6 is 0 Å². The number of rotatable bonds is 4. The largest absolute Gasteiger partial charge is 0.339 e. The van der Waals surface area contributed by atoms with Gasteiger partial charge in [-0.25, -0.2) is 0 Å². The van der Waals surface area contributed by atoms with Gasteiger partial charge in [0.05, 0.1) is 0 Å². The normalized spacial score (nSPS) is 14.0. The lowest BCUT2D eigenvalue weighted by Crippen LogP contribution is -2.27. The zero-order valence-corrected chi connectivity index (χ0v) is 14.8. The fraction of sp³-hybridized carbons (Fsp3) is 0.333. The summed E-state index contributed by atoms with van der Waals surface area (Å²) in [6.45, 7) is 5.88. The van der Waals surface area contributed by atoms with E-state index in [0.29, 0.717) is 22.7 Å². The number of carbonyl (C=O) groups excluding carboxylic acids is 2. The van der Waals surface area contributed by atoms with Gasteiger partial charge in [0.15, 0.2) is 0 Å². The van der Waals surface area contributed by atoms with Crippen LogP contribution in [0.3, 0.4) is 0 Å². The second-order valence-electron chi connectivity index (χ2n) is 6.81. The molecule has 1 aliphatic rings. The molecule has 0 aliphatic carbocycles. The Morgan fingerprint density at radius 2 is 1.64 bits per heavy atom. The van der Waals surface area contributed by atoms with E-state index in [1.807, 2.05) is 29.2 Å². The Balaban J connectivity index is 1.70. The Bertz CT molecular complexity index is 760. The van der Waals surface area contributed by atoms with Crippen molar-refractivity contribution in [3.8, 4) is 0 Å². The molecule has 1 aliphatic heterocycles. The lowest BCUT2D eigenvalue weighted by Gasteiger charge is -2.16. The second kappa shape index (κ2) is 7.51. The molecule has 1 heterocycles. The molecule has 0 radical (unpaired) electrons. The minimum absolute atomic E-state index is 0.0369. The summed E-state index contributed by atoms with van der Waals surface area (Å²) < 4.78 is 0. The molecule has 4 nitrogen and oxygen atoms in total. The van der Waals surface area contributed by atoms with Crippen molar-refractivity contribution in [2.45, 2.75) is 32.6 Å². The van der Waals surface area contributed by atoms with Gasteiger partial charge < -0.3 is 10.2 Å². The van der Waals surface area contributed by atoms with Gasteiger partial charge in [-0.05, 0) is 54.7 Å². The third-order valence-electron chi connectivity index (χ3n) is 4.60. The Morgan fingerprint density at radius 3 is 2.28 bits per heavy atom. The Morgan fingerprint density at radius 1 is 0.960 bits per heavy atom. The van der Waals surface area contributed by atoms with Crippen molar-refractivity contribution in [2.24, 2.45) is 0 Å². The van der Waals surface area contributed by atoms with Crippen LogP contribution in [-0.2, 0) is 0 Å². The molecule has 130 valence electrons. The number of hydrogen-bond donors (Lipinski definition) is 1. The van der Waals surface area contributed by atoms with E-state index < -0.39 is 0 Å². The average Bonchev–Trinajstić information content (AvgIpc) is 3.16. The quantitative estimate of drug-likeness (QED) is 0.905. The van der Waals surface area contributed by atoms with Crippen LogP contribution in [-0.4, -0.2) is 29.8 Å². The Hall–Kier alpha value is -2.62. The van der Waals surface area contributed by atoms with Crippen LogP contribution in [0.15, 0.2) is 48.5 Å². The van der Waals surface area contributed by atoms with Crippen LogP contribution in [0.25, 0.3) is 0 Å². The predicted octanol–water partition coefficient (Wildman–Crippen LogP) is 4.30. The molecule has 0 bridgehead atoms. The van der Waals surface area contributed by atoms with E-state index in [2.05, 4.69) is 19.2 Å². The summed E-state index contributed by atoms with van der Waals surface area (Å²) in [5.41, 5.74) is 3.08. The van der Waals surface area contributed by atoms with Crippen molar-refractivity contribution in [1.29, 1.82) is 0 Å². The van der Waals surface area contributed by atoms with Crippen LogP contribution in [0, 0.1) is 0 Å². The summed E-state index contributed by atoms with van der Waals surface area (Å²) in [4.78, 5) is 26.8. The molecule has 2 amide bonds. The summed E-state index contributed by atoms with van der Waals surface area (Å²) in [7, 11) is 0. The molecule has 0 unspecified atom stereocenters. The average molecular weight is 336 g/mol. The van der Waals surface area contributed by atoms with E-state index >= 15 is 0 Å². The van der Waals surface area contributed by atoms with E-state index in [-0.39, 0.29) is 11.8 Å². The highest BCUT2D eigenvalue weighted by molar-refractivity contribution is 6.05. The number of amides is 2. The summed E-state index contributed by atoms with van der Waals surface area (Å²) in [6, 6.07) is 14.8. The molecule has 4 heteroatoms. The van der Waals surface area contributed by atoms with Crippen LogP contribution in [0.5, 0.6) is 0 Å². The van der Waals surface area contributed by atoms with Gasteiger partial charge in [0.25, 0.3) is 11.8 Å². The molecule has 2 aromatic carbocycles. The lowest BCUT2D eigenvalue weighted by atomic mass is 10.0. The van der Waals surface area contributed by atoms with Crippen molar-refractivity contribution in [2.75, 3.05) is 18.4 Å². The fourth-order valence-corrected chi connectivity index (χ4v) is 3.06. The van der Waals surface area contributed by atoms with Gasteiger partial charge in [-0.2, -0.15) is 0 Å². The Labute approximate surface area is 148 Å². The first-order valence-corrected chi connectivity index (χ1v) is 8.85. The van der Waals surface area contributed by atoms with E-state index in [1.54, 1.807) is 24.3 Å². The van der Waals surface area contributed by atoms with Crippen molar-refractivity contribution >= 4 is 17.5 Å². The van der Waals surface area contributed by atoms with Crippen molar-refractivity contribution in [3.05, 3.63) is 65.2 Å². The molecule has 3 rings (SSSR count). The first-order valence-electron chi connectivity index (χ1n) is 8.85. The van der Waals surface area contributed by atoms with Gasteiger partial charge in [-0.3, -0.25) is 9.59 Å². The molecule has 0 atom stereocenters. The second-order valence-corrected chi connectivity index (χ2v) is 6.81. The Kier molecular flexibility index (Phi) is 5.17. The summed E-state index contributed by atoms with van der Waals surface area (Å²) in [6.07, 6.45) is 2.13. The van der Waals surface area contributed by atoms with Crippen molar-refractivity contribution in [1.82, 2.24) is 4.90 Å². The molecule has 1 N–H and O–H groups in total. The monoisotopic (exact) mass is 336 g/mol. The van der Waals surface area contributed by atoms with E-state index in [0.717, 1.165) is 25.9 Å². The topological polar surface area (TPSA) is 49.4 Å². The maximum Gasteiger partial charge on any atom is 0.255 e. The number of carbonyl (C=O) groups is 2. The summed E-state index contributed by atoms with van der Waals surface area (Å²) in [5, 5.41) is 2.88. The number of nitrogens with one attached hydrogen (secondary N) is 1. The minimum Gasteiger partial charge on any atom is -0.339 e. The van der Waals surface area contributed by atoms with Gasteiger partial charge >= 0.3 is 0 Å². The van der Waals surface area contributed by atoms with Gasteiger partial charge in [0, 0.05) is 29.9 Å². The molecule has 1 fully saturated rings. The highest BCUT2D eigenvalue weighted by Gasteiger charge is 2.19. The van der Waals surface area contributed by atoms with E-state index in [4.69, 9.17) is 0 Å². The van der Waals surface area contributed by atoms with Crippen LogP contribution in [0.2, 0.25) is 0 Å². The number of hydrogen-bond acceptors (Lipinski definition) is 2. The highest BCUT2D eigenvalue weighted by Crippen LogP contribution is 2.18. The summed E-state index contributed by atoms with van der Waals surface area (Å²) in [5.74, 6) is 0.307. The standard InChI is InChI=1S/C21H24N2O2/c1-15(2)16-8-10-17(11-9-16)20(24)22-19-7-5-6-18(14-19)21(25)23-12-3-4-13-23/h5-11,14-15H,3-4,12-13H2,1-2H3,(H,22,24). The maximum atomic E-state index is 12.5. The third kappa shape index (κ3) is 4.08. The highest BCUT2D eigenvalue weighted by atomic mass is 16.2. The zero-order chi connectivity index (χ0) is 17.8. The smallest absolute Gasteiger partial charge is 0.255 e. The van der Waals surface area contributed by atoms with Gasteiger partial charge in [0.2, 0.25) is 0 Å². The SMILES string of the molecule is CC(C)c1ccc(C(=O)Nc2cccc(C(=O)N3CCCC3)c2)cc1. The number of anilines is 1. The van der Waals surface area contributed by atoms with E-state index in [1.165, 1.54) is 5.56 Å². The first kappa shape index (κ1) is 17.2. The third-order valence-corrected chi connectivity index (χ3v) is 4.60. The minimum atomic E-state index is -0.166. The number of likely N-dealkylation sites (tertiary alicyclic amines) is 1.